The highest BCUT2D eigenvalue weighted by Crippen LogP contribution is 2.21. The van der Waals surface area contributed by atoms with Gasteiger partial charge in [0.1, 0.15) is 0 Å². The van der Waals surface area contributed by atoms with Gasteiger partial charge >= 0.3 is 0 Å². The van der Waals surface area contributed by atoms with Gasteiger partial charge in [0.25, 0.3) is 0 Å². The van der Waals surface area contributed by atoms with Crippen LogP contribution < -0.4 is 0 Å². The van der Waals surface area contributed by atoms with Crippen molar-refractivity contribution in [2.75, 3.05) is 12.4 Å². The molecule has 0 fully saturated rings. The maximum Gasteiger partial charge on any atom is 0.214 e. The molecule has 0 radical (unpaired) electrons. The summed E-state index contributed by atoms with van der Waals surface area (Å²) < 4.78 is 2.71. The SMILES string of the molecule is C[C@H](CO)CSc1nnnn1-c1ccc(Br)cc1. The van der Waals surface area contributed by atoms with Crippen molar-refractivity contribution in [3.05, 3.63) is 28.7 Å². The number of rotatable bonds is 5. The minimum absolute atomic E-state index is 0.173. The molecule has 0 spiro atoms. The van der Waals surface area contributed by atoms with E-state index < -0.39 is 0 Å². The van der Waals surface area contributed by atoms with E-state index in [0.717, 1.165) is 21.1 Å². The molecule has 0 saturated carbocycles. The Balaban J connectivity index is 2.14. The first-order valence-corrected chi connectivity index (χ1v) is 7.26. The average Bonchev–Trinajstić information content (AvgIpc) is 2.85. The summed E-state index contributed by atoms with van der Waals surface area (Å²) in [7, 11) is 0. The topological polar surface area (TPSA) is 63.8 Å². The Morgan fingerprint density at radius 3 is 2.78 bits per heavy atom. The second kappa shape index (κ2) is 6.31. The zero-order chi connectivity index (χ0) is 13.0. The van der Waals surface area contributed by atoms with Gasteiger partial charge in [-0.3, -0.25) is 0 Å². The molecule has 0 saturated heterocycles. The first-order chi connectivity index (χ1) is 8.70. The number of aromatic nitrogens is 4. The number of halogens is 1. The highest BCUT2D eigenvalue weighted by Gasteiger charge is 2.10. The molecule has 0 bridgehead atoms. The number of benzene rings is 1. The van der Waals surface area contributed by atoms with Gasteiger partial charge in [-0.2, -0.15) is 4.68 Å². The predicted molar refractivity (Wildman–Crippen MR) is 73.8 cm³/mol. The Labute approximate surface area is 118 Å². The van der Waals surface area contributed by atoms with E-state index in [2.05, 4.69) is 31.5 Å². The highest BCUT2D eigenvalue weighted by atomic mass is 79.9. The van der Waals surface area contributed by atoms with Crippen molar-refractivity contribution in [3.63, 3.8) is 0 Å². The van der Waals surface area contributed by atoms with E-state index in [9.17, 15) is 0 Å². The second-order valence-corrected chi connectivity index (χ2v) is 5.85. The molecule has 1 aromatic carbocycles. The Bertz CT molecular complexity index is 502. The van der Waals surface area contributed by atoms with Crippen LogP contribution in [-0.4, -0.2) is 37.7 Å². The van der Waals surface area contributed by atoms with Crippen LogP contribution in [0.4, 0.5) is 0 Å². The van der Waals surface area contributed by atoms with E-state index in [1.165, 1.54) is 0 Å². The zero-order valence-electron chi connectivity index (χ0n) is 9.82. The monoisotopic (exact) mass is 328 g/mol. The van der Waals surface area contributed by atoms with Gasteiger partial charge in [0.05, 0.1) is 5.69 Å². The molecule has 0 unspecified atom stereocenters. The number of aliphatic hydroxyl groups is 1. The number of thioether (sulfide) groups is 1. The molecule has 1 atom stereocenters. The smallest absolute Gasteiger partial charge is 0.214 e. The van der Waals surface area contributed by atoms with Crippen molar-refractivity contribution < 1.29 is 5.11 Å². The molecule has 1 heterocycles. The third-order valence-electron chi connectivity index (χ3n) is 2.32. The first-order valence-electron chi connectivity index (χ1n) is 5.48. The normalized spacial score (nSPS) is 12.6. The summed E-state index contributed by atoms with van der Waals surface area (Å²) in [5.41, 5.74) is 0.919. The lowest BCUT2D eigenvalue weighted by Crippen LogP contribution is -2.05. The Hall–Kier alpha value is -0.920. The molecule has 2 rings (SSSR count). The lowest BCUT2D eigenvalue weighted by atomic mass is 10.2. The fourth-order valence-corrected chi connectivity index (χ4v) is 2.44. The molecule has 18 heavy (non-hydrogen) atoms. The third-order valence-corrected chi connectivity index (χ3v) is 4.10. The van der Waals surface area contributed by atoms with E-state index in [1.54, 1.807) is 16.4 Å². The summed E-state index contributed by atoms with van der Waals surface area (Å²) in [4.78, 5) is 0. The lowest BCUT2D eigenvalue weighted by Gasteiger charge is -2.07. The van der Waals surface area contributed by atoms with Gasteiger partial charge in [-0.25, -0.2) is 0 Å². The molecule has 1 aromatic heterocycles. The Kier molecular flexibility index (Phi) is 4.73. The van der Waals surface area contributed by atoms with Gasteiger partial charge in [-0.15, -0.1) is 5.10 Å². The summed E-state index contributed by atoms with van der Waals surface area (Å²) in [6.07, 6.45) is 0. The quantitative estimate of drug-likeness (QED) is 0.852. The highest BCUT2D eigenvalue weighted by molar-refractivity contribution is 9.10. The van der Waals surface area contributed by atoms with Gasteiger partial charge in [0.15, 0.2) is 0 Å². The minimum atomic E-state index is 0.173. The van der Waals surface area contributed by atoms with Crippen molar-refractivity contribution >= 4 is 27.7 Å². The lowest BCUT2D eigenvalue weighted by molar-refractivity contribution is 0.250. The Morgan fingerprint density at radius 1 is 1.39 bits per heavy atom. The number of hydrogen-bond acceptors (Lipinski definition) is 5. The summed E-state index contributed by atoms with van der Waals surface area (Å²) in [6.45, 7) is 2.16. The van der Waals surface area contributed by atoms with Crippen LogP contribution in [0.2, 0.25) is 0 Å². The van der Waals surface area contributed by atoms with E-state index >= 15 is 0 Å². The van der Waals surface area contributed by atoms with Crippen molar-refractivity contribution in [1.29, 1.82) is 0 Å². The molecular weight excluding hydrogens is 316 g/mol. The summed E-state index contributed by atoms with van der Waals surface area (Å²) in [6, 6.07) is 7.78. The zero-order valence-corrected chi connectivity index (χ0v) is 12.2. The summed E-state index contributed by atoms with van der Waals surface area (Å²) in [5.74, 6) is 1.01. The molecule has 5 nitrogen and oxygen atoms in total. The fraction of sp³-hybridized carbons (Fsp3) is 0.364. The van der Waals surface area contributed by atoms with Crippen molar-refractivity contribution in [1.82, 2.24) is 20.2 Å². The predicted octanol–water partition coefficient (Wildman–Crippen LogP) is 2.15. The number of hydrogen-bond donors (Lipinski definition) is 1. The van der Waals surface area contributed by atoms with E-state index in [1.807, 2.05) is 31.2 Å². The van der Waals surface area contributed by atoms with Gasteiger partial charge < -0.3 is 5.11 Å². The molecule has 7 heteroatoms. The molecule has 0 aliphatic heterocycles. The largest absolute Gasteiger partial charge is 0.396 e. The van der Waals surface area contributed by atoms with E-state index in [0.29, 0.717) is 0 Å². The Morgan fingerprint density at radius 2 is 2.11 bits per heavy atom. The molecular formula is C11H13BrN4OS. The summed E-state index contributed by atoms with van der Waals surface area (Å²) in [5, 5.41) is 21.4. The third kappa shape index (κ3) is 3.30. The van der Waals surface area contributed by atoms with E-state index in [4.69, 9.17) is 5.11 Å². The van der Waals surface area contributed by atoms with Crippen LogP contribution in [-0.2, 0) is 0 Å². The van der Waals surface area contributed by atoms with Crippen LogP contribution >= 0.6 is 27.7 Å². The fourth-order valence-electron chi connectivity index (χ4n) is 1.28. The van der Waals surface area contributed by atoms with Gasteiger partial charge in [0, 0.05) is 16.8 Å². The molecule has 96 valence electrons. The minimum Gasteiger partial charge on any atom is -0.396 e. The molecule has 0 amide bonds. The second-order valence-electron chi connectivity index (χ2n) is 3.95. The van der Waals surface area contributed by atoms with Crippen LogP contribution in [0.5, 0.6) is 0 Å². The molecule has 1 N–H and O–H groups in total. The van der Waals surface area contributed by atoms with Crippen LogP contribution in [0.15, 0.2) is 33.9 Å². The molecule has 0 aliphatic rings. The number of aliphatic hydroxyl groups excluding tert-OH is 1. The number of nitrogens with zero attached hydrogens (tertiary/aromatic N) is 4. The molecule has 0 aliphatic carbocycles. The number of tetrazole rings is 1. The van der Waals surface area contributed by atoms with Crippen LogP contribution in [0.25, 0.3) is 5.69 Å². The van der Waals surface area contributed by atoms with Gasteiger partial charge in [-0.05, 0) is 40.6 Å². The first kappa shape index (κ1) is 13.5. The molecule has 2 aromatic rings. The van der Waals surface area contributed by atoms with Crippen molar-refractivity contribution in [2.45, 2.75) is 12.1 Å². The standard InChI is InChI=1S/C11H13BrN4OS/c1-8(6-17)7-18-11-13-14-15-16(11)10-4-2-9(12)3-5-10/h2-5,8,17H,6-7H2,1H3/t8-/m1/s1. The van der Waals surface area contributed by atoms with Gasteiger partial charge in [0.2, 0.25) is 5.16 Å². The summed E-state index contributed by atoms with van der Waals surface area (Å²) >= 11 is 4.93. The maximum atomic E-state index is 9.00. The van der Waals surface area contributed by atoms with Crippen molar-refractivity contribution in [2.24, 2.45) is 5.92 Å². The average molecular weight is 329 g/mol. The van der Waals surface area contributed by atoms with Crippen molar-refractivity contribution in [3.8, 4) is 5.69 Å². The van der Waals surface area contributed by atoms with Crippen LogP contribution in [0.1, 0.15) is 6.92 Å². The van der Waals surface area contributed by atoms with Gasteiger partial charge in [-0.1, -0.05) is 34.6 Å². The van der Waals surface area contributed by atoms with Crippen LogP contribution in [0.3, 0.4) is 0 Å². The van der Waals surface area contributed by atoms with Crippen LogP contribution in [0, 0.1) is 5.92 Å². The maximum absolute atomic E-state index is 9.00. The van der Waals surface area contributed by atoms with E-state index in [-0.39, 0.29) is 12.5 Å².